The largest absolute Gasteiger partial charge is 0.351 e. The van der Waals surface area contributed by atoms with Crippen molar-refractivity contribution in [1.29, 1.82) is 0 Å². The monoisotopic (exact) mass is 236 g/mol. The Morgan fingerprint density at radius 1 is 1.41 bits per heavy atom. The molecule has 0 bridgehead atoms. The van der Waals surface area contributed by atoms with Crippen LogP contribution in [-0.2, 0) is 9.59 Å². The predicted molar refractivity (Wildman–Crippen MR) is 61.0 cm³/mol. The lowest BCUT2D eigenvalue weighted by Gasteiger charge is -2.16. The Morgan fingerprint density at radius 2 is 2.06 bits per heavy atom. The number of hydrogen-bond acceptors (Lipinski definition) is 2. The summed E-state index contributed by atoms with van der Waals surface area (Å²) in [5.74, 6) is -0.544. The number of nitrogens with one attached hydrogen (secondary N) is 1. The molecule has 1 N–H and O–H groups in total. The first kappa shape index (κ1) is 11.6. The molecule has 90 valence electrons. The molecule has 0 spiro atoms. The Balaban J connectivity index is 2.10. The van der Waals surface area contributed by atoms with Gasteiger partial charge in [-0.2, -0.15) is 0 Å². The topological polar surface area (TPSA) is 49.4 Å². The van der Waals surface area contributed by atoms with Crippen molar-refractivity contribution >= 4 is 17.5 Å². The quantitative estimate of drug-likeness (QED) is 0.835. The maximum Gasteiger partial charge on any atom is 0.229 e. The highest BCUT2D eigenvalue weighted by Gasteiger charge is 2.30. The molecule has 1 unspecified atom stereocenters. The molecule has 1 atom stereocenters. The van der Waals surface area contributed by atoms with Crippen molar-refractivity contribution in [3.05, 3.63) is 30.1 Å². The highest BCUT2D eigenvalue weighted by atomic mass is 19.1. The van der Waals surface area contributed by atoms with Crippen LogP contribution in [0.15, 0.2) is 24.3 Å². The fourth-order valence-corrected chi connectivity index (χ4v) is 1.96. The number of carbonyl (C=O) groups is 2. The van der Waals surface area contributed by atoms with Crippen LogP contribution in [0.25, 0.3) is 0 Å². The first-order valence-corrected chi connectivity index (χ1v) is 5.39. The SMILES string of the molecule is CC(=O)NC1CC(=O)N(c2ccc(F)cc2)C1. The number of hydrogen-bond donors (Lipinski definition) is 1. The molecule has 1 fully saturated rings. The van der Waals surface area contributed by atoms with Gasteiger partial charge < -0.3 is 10.2 Å². The standard InChI is InChI=1S/C12H13FN2O2/c1-8(16)14-10-6-12(17)15(7-10)11-4-2-9(13)3-5-11/h2-5,10H,6-7H2,1H3,(H,14,16). The molecular formula is C12H13FN2O2. The average molecular weight is 236 g/mol. The summed E-state index contributed by atoms with van der Waals surface area (Å²) >= 11 is 0. The van der Waals surface area contributed by atoms with Gasteiger partial charge in [0.1, 0.15) is 5.82 Å². The molecule has 1 aromatic rings. The number of halogens is 1. The van der Waals surface area contributed by atoms with Crippen molar-refractivity contribution in [2.75, 3.05) is 11.4 Å². The van der Waals surface area contributed by atoms with Crippen molar-refractivity contribution in [1.82, 2.24) is 5.32 Å². The zero-order valence-corrected chi connectivity index (χ0v) is 9.44. The van der Waals surface area contributed by atoms with E-state index in [0.29, 0.717) is 12.2 Å². The van der Waals surface area contributed by atoms with E-state index in [1.165, 1.54) is 19.1 Å². The van der Waals surface area contributed by atoms with Gasteiger partial charge in [0.15, 0.2) is 0 Å². The molecule has 1 heterocycles. The number of carbonyl (C=O) groups excluding carboxylic acids is 2. The summed E-state index contributed by atoms with van der Waals surface area (Å²) in [6, 6.07) is 5.58. The van der Waals surface area contributed by atoms with Crippen LogP contribution in [0.5, 0.6) is 0 Å². The van der Waals surface area contributed by atoms with Crippen molar-refractivity contribution in [2.24, 2.45) is 0 Å². The summed E-state index contributed by atoms with van der Waals surface area (Å²) in [5.41, 5.74) is 0.657. The van der Waals surface area contributed by atoms with Gasteiger partial charge in [0, 0.05) is 25.6 Å². The van der Waals surface area contributed by atoms with E-state index in [-0.39, 0.29) is 30.1 Å². The molecule has 17 heavy (non-hydrogen) atoms. The molecule has 1 aromatic carbocycles. The molecule has 4 nitrogen and oxygen atoms in total. The van der Waals surface area contributed by atoms with Crippen LogP contribution in [0.1, 0.15) is 13.3 Å². The van der Waals surface area contributed by atoms with Crippen LogP contribution in [0.4, 0.5) is 10.1 Å². The average Bonchev–Trinajstić information content (AvgIpc) is 2.59. The summed E-state index contributed by atoms with van der Waals surface area (Å²) in [4.78, 5) is 24.2. The molecule has 5 heteroatoms. The highest BCUT2D eigenvalue weighted by molar-refractivity contribution is 5.96. The normalized spacial score (nSPS) is 19.5. The molecule has 2 rings (SSSR count). The third kappa shape index (κ3) is 2.61. The Labute approximate surface area is 98.4 Å². The number of anilines is 1. The van der Waals surface area contributed by atoms with Crippen molar-refractivity contribution in [3.8, 4) is 0 Å². The molecule has 0 aliphatic carbocycles. The van der Waals surface area contributed by atoms with Gasteiger partial charge in [0.25, 0.3) is 0 Å². The van der Waals surface area contributed by atoms with Gasteiger partial charge >= 0.3 is 0 Å². The lowest BCUT2D eigenvalue weighted by molar-refractivity contribution is -0.119. The van der Waals surface area contributed by atoms with E-state index in [1.807, 2.05) is 0 Å². The minimum atomic E-state index is -0.334. The van der Waals surface area contributed by atoms with Crippen molar-refractivity contribution in [3.63, 3.8) is 0 Å². The van der Waals surface area contributed by atoms with Gasteiger partial charge in [-0.25, -0.2) is 4.39 Å². The molecule has 2 amide bonds. The molecule has 0 radical (unpaired) electrons. The minimum absolute atomic E-state index is 0.0599. The smallest absolute Gasteiger partial charge is 0.229 e. The predicted octanol–water partition coefficient (Wildman–Crippen LogP) is 1.07. The van der Waals surface area contributed by atoms with Crippen molar-refractivity contribution < 1.29 is 14.0 Å². The zero-order valence-electron chi connectivity index (χ0n) is 9.44. The number of amides is 2. The number of rotatable bonds is 2. The van der Waals surface area contributed by atoms with E-state index in [9.17, 15) is 14.0 Å². The van der Waals surface area contributed by atoms with Crippen LogP contribution in [-0.4, -0.2) is 24.4 Å². The van der Waals surface area contributed by atoms with E-state index in [2.05, 4.69) is 5.32 Å². The summed E-state index contributed by atoms with van der Waals surface area (Å²) < 4.78 is 12.8. The molecule has 0 saturated carbocycles. The lowest BCUT2D eigenvalue weighted by Crippen LogP contribution is -2.35. The fraction of sp³-hybridized carbons (Fsp3) is 0.333. The van der Waals surface area contributed by atoms with E-state index in [0.717, 1.165) is 0 Å². The summed E-state index contributed by atoms with van der Waals surface area (Å²) in [6.07, 6.45) is 0.289. The van der Waals surface area contributed by atoms with E-state index >= 15 is 0 Å². The lowest BCUT2D eigenvalue weighted by atomic mass is 10.2. The molecular weight excluding hydrogens is 223 g/mol. The Hall–Kier alpha value is -1.91. The zero-order chi connectivity index (χ0) is 12.4. The second-order valence-corrected chi connectivity index (χ2v) is 4.08. The van der Waals surface area contributed by atoms with Gasteiger partial charge in [-0.1, -0.05) is 0 Å². The molecule has 0 aromatic heterocycles. The Morgan fingerprint density at radius 3 is 2.65 bits per heavy atom. The number of benzene rings is 1. The maximum atomic E-state index is 12.8. The van der Waals surface area contributed by atoms with Gasteiger partial charge in [0.2, 0.25) is 11.8 Å². The fourth-order valence-electron chi connectivity index (χ4n) is 1.96. The van der Waals surface area contributed by atoms with Crippen LogP contribution in [0.2, 0.25) is 0 Å². The summed E-state index contributed by atoms with van der Waals surface area (Å²) in [6.45, 7) is 1.86. The minimum Gasteiger partial charge on any atom is -0.351 e. The first-order valence-electron chi connectivity index (χ1n) is 5.39. The van der Waals surface area contributed by atoms with Crippen LogP contribution < -0.4 is 10.2 Å². The van der Waals surface area contributed by atoms with Crippen LogP contribution in [0, 0.1) is 5.82 Å². The second kappa shape index (κ2) is 4.53. The van der Waals surface area contributed by atoms with Crippen LogP contribution in [0.3, 0.4) is 0 Å². The van der Waals surface area contributed by atoms with E-state index in [1.54, 1.807) is 17.0 Å². The van der Waals surface area contributed by atoms with Crippen molar-refractivity contribution in [2.45, 2.75) is 19.4 Å². The third-order valence-corrected chi connectivity index (χ3v) is 2.67. The van der Waals surface area contributed by atoms with E-state index in [4.69, 9.17) is 0 Å². The van der Waals surface area contributed by atoms with Gasteiger partial charge in [0.05, 0.1) is 6.04 Å². The van der Waals surface area contributed by atoms with Gasteiger partial charge in [-0.05, 0) is 24.3 Å². The first-order chi connectivity index (χ1) is 8.06. The Bertz CT molecular complexity index is 444. The van der Waals surface area contributed by atoms with Gasteiger partial charge in [-0.3, -0.25) is 9.59 Å². The molecule has 1 aliphatic heterocycles. The van der Waals surface area contributed by atoms with E-state index < -0.39 is 0 Å². The summed E-state index contributed by atoms with van der Waals surface area (Å²) in [7, 11) is 0. The molecule has 1 aliphatic rings. The third-order valence-electron chi connectivity index (χ3n) is 2.67. The van der Waals surface area contributed by atoms with Gasteiger partial charge in [-0.15, -0.1) is 0 Å². The summed E-state index contributed by atoms with van der Waals surface area (Å²) in [5, 5.41) is 2.71. The maximum absolute atomic E-state index is 12.8. The highest BCUT2D eigenvalue weighted by Crippen LogP contribution is 2.21. The Kier molecular flexibility index (Phi) is 3.08. The second-order valence-electron chi connectivity index (χ2n) is 4.08. The number of nitrogens with zero attached hydrogens (tertiary/aromatic N) is 1. The van der Waals surface area contributed by atoms with Crippen LogP contribution >= 0.6 is 0 Å². The molecule has 1 saturated heterocycles.